The third-order valence-corrected chi connectivity index (χ3v) is 2.41. The minimum Gasteiger partial charge on any atom is -0.390 e. The molecule has 0 aromatic rings. The molecule has 1 fully saturated rings. The lowest BCUT2D eigenvalue weighted by atomic mass is 9.88. The molecule has 2 nitrogen and oxygen atoms in total. The van der Waals surface area contributed by atoms with E-state index in [1.54, 1.807) is 0 Å². The molecule has 13 heavy (non-hydrogen) atoms. The molecule has 0 spiro atoms. The van der Waals surface area contributed by atoms with Gasteiger partial charge < -0.3 is 10.4 Å². The summed E-state index contributed by atoms with van der Waals surface area (Å²) in [6, 6.07) is 0. The highest BCUT2D eigenvalue weighted by Crippen LogP contribution is 2.30. The van der Waals surface area contributed by atoms with Gasteiger partial charge in [-0.1, -0.05) is 0 Å². The van der Waals surface area contributed by atoms with Gasteiger partial charge in [0, 0.05) is 6.42 Å². The maximum Gasteiger partial charge on any atom is 0.389 e. The SMILES string of the molecule is OC1(CCC(F)(F)F)CCNCC1. The highest BCUT2D eigenvalue weighted by molar-refractivity contribution is 4.84. The van der Waals surface area contributed by atoms with Crippen molar-refractivity contribution in [1.82, 2.24) is 5.32 Å². The van der Waals surface area contributed by atoms with E-state index in [0.717, 1.165) is 0 Å². The van der Waals surface area contributed by atoms with Crippen LogP contribution in [-0.4, -0.2) is 30.0 Å². The van der Waals surface area contributed by atoms with Gasteiger partial charge in [0.1, 0.15) is 0 Å². The average molecular weight is 197 g/mol. The standard InChI is InChI=1S/C8H14F3NO/c9-8(10,11)2-1-7(13)3-5-12-6-4-7/h12-13H,1-6H2. The van der Waals surface area contributed by atoms with Gasteiger partial charge in [-0.25, -0.2) is 0 Å². The Morgan fingerprint density at radius 1 is 1.23 bits per heavy atom. The van der Waals surface area contributed by atoms with Crippen LogP contribution in [0.5, 0.6) is 0 Å². The Morgan fingerprint density at radius 3 is 2.23 bits per heavy atom. The Bertz CT molecular complexity index is 163. The maximum atomic E-state index is 11.9. The highest BCUT2D eigenvalue weighted by atomic mass is 19.4. The van der Waals surface area contributed by atoms with Crippen LogP contribution in [0.15, 0.2) is 0 Å². The summed E-state index contributed by atoms with van der Waals surface area (Å²) >= 11 is 0. The zero-order valence-corrected chi connectivity index (χ0v) is 7.32. The molecule has 0 atom stereocenters. The Morgan fingerprint density at radius 2 is 1.77 bits per heavy atom. The first-order valence-corrected chi connectivity index (χ1v) is 4.41. The van der Waals surface area contributed by atoms with E-state index in [0.29, 0.717) is 25.9 Å². The molecule has 1 aliphatic heterocycles. The molecule has 0 bridgehead atoms. The van der Waals surface area contributed by atoms with Crippen LogP contribution in [0.1, 0.15) is 25.7 Å². The molecule has 0 radical (unpaired) electrons. The van der Waals surface area contributed by atoms with Gasteiger partial charge in [0.15, 0.2) is 0 Å². The molecule has 0 aromatic carbocycles. The van der Waals surface area contributed by atoms with Gasteiger partial charge in [-0.3, -0.25) is 0 Å². The first-order chi connectivity index (χ1) is 5.91. The number of nitrogens with one attached hydrogen (secondary N) is 1. The smallest absolute Gasteiger partial charge is 0.389 e. The Kier molecular flexibility index (Phi) is 3.18. The van der Waals surface area contributed by atoms with Crippen molar-refractivity contribution in [3.05, 3.63) is 0 Å². The van der Waals surface area contributed by atoms with E-state index < -0.39 is 18.2 Å². The fourth-order valence-electron chi connectivity index (χ4n) is 1.52. The lowest BCUT2D eigenvalue weighted by Gasteiger charge is -2.32. The fourth-order valence-corrected chi connectivity index (χ4v) is 1.52. The molecule has 0 saturated carbocycles. The molecular weight excluding hydrogens is 183 g/mol. The quantitative estimate of drug-likeness (QED) is 0.702. The third-order valence-electron chi connectivity index (χ3n) is 2.41. The van der Waals surface area contributed by atoms with Crippen molar-refractivity contribution >= 4 is 0 Å². The third kappa shape index (κ3) is 3.95. The molecule has 1 heterocycles. The molecule has 0 unspecified atom stereocenters. The van der Waals surface area contributed by atoms with Crippen molar-refractivity contribution in [2.45, 2.75) is 37.5 Å². The first-order valence-electron chi connectivity index (χ1n) is 4.41. The van der Waals surface area contributed by atoms with E-state index >= 15 is 0 Å². The van der Waals surface area contributed by atoms with Crippen molar-refractivity contribution in [2.24, 2.45) is 0 Å². The number of alkyl halides is 3. The zero-order valence-electron chi connectivity index (χ0n) is 7.32. The Hall–Kier alpha value is -0.290. The second-order valence-electron chi connectivity index (χ2n) is 3.59. The largest absolute Gasteiger partial charge is 0.390 e. The van der Waals surface area contributed by atoms with Crippen molar-refractivity contribution in [3.8, 4) is 0 Å². The van der Waals surface area contributed by atoms with Crippen LogP contribution in [-0.2, 0) is 0 Å². The zero-order chi connectivity index (χ0) is 9.95. The Labute approximate surface area is 75.1 Å². The van der Waals surface area contributed by atoms with Gasteiger partial charge >= 0.3 is 6.18 Å². The second-order valence-corrected chi connectivity index (χ2v) is 3.59. The van der Waals surface area contributed by atoms with Crippen molar-refractivity contribution < 1.29 is 18.3 Å². The van der Waals surface area contributed by atoms with Crippen LogP contribution in [0.2, 0.25) is 0 Å². The minimum atomic E-state index is -4.15. The number of hydrogen-bond acceptors (Lipinski definition) is 2. The number of piperidine rings is 1. The van der Waals surface area contributed by atoms with Crippen LogP contribution in [0.25, 0.3) is 0 Å². The van der Waals surface area contributed by atoms with Gasteiger partial charge in [-0.05, 0) is 32.4 Å². The number of hydrogen-bond donors (Lipinski definition) is 2. The summed E-state index contributed by atoms with van der Waals surface area (Å²) in [6.07, 6.45) is -4.37. The summed E-state index contributed by atoms with van der Waals surface area (Å²) in [5, 5.41) is 12.7. The normalized spacial score (nSPS) is 23.1. The maximum absolute atomic E-state index is 11.9. The average Bonchev–Trinajstić information content (AvgIpc) is 2.02. The second kappa shape index (κ2) is 3.84. The monoisotopic (exact) mass is 197 g/mol. The van der Waals surface area contributed by atoms with Gasteiger partial charge in [0.2, 0.25) is 0 Å². The molecular formula is C8H14F3NO. The molecule has 1 rings (SSSR count). The molecule has 0 amide bonds. The summed E-state index contributed by atoms with van der Waals surface area (Å²) in [5.41, 5.74) is -1.10. The van der Waals surface area contributed by atoms with Crippen molar-refractivity contribution in [1.29, 1.82) is 0 Å². The van der Waals surface area contributed by atoms with E-state index in [2.05, 4.69) is 5.32 Å². The van der Waals surface area contributed by atoms with E-state index in [9.17, 15) is 18.3 Å². The molecule has 5 heteroatoms. The van der Waals surface area contributed by atoms with Crippen molar-refractivity contribution in [2.75, 3.05) is 13.1 Å². The van der Waals surface area contributed by atoms with Crippen LogP contribution in [0, 0.1) is 0 Å². The van der Waals surface area contributed by atoms with E-state index in [1.807, 2.05) is 0 Å². The minimum absolute atomic E-state index is 0.168. The van der Waals surface area contributed by atoms with Gasteiger partial charge in [0.25, 0.3) is 0 Å². The number of rotatable bonds is 2. The molecule has 1 saturated heterocycles. The van der Waals surface area contributed by atoms with E-state index in [1.165, 1.54) is 0 Å². The van der Waals surface area contributed by atoms with Crippen LogP contribution < -0.4 is 5.32 Å². The lowest BCUT2D eigenvalue weighted by molar-refractivity contribution is -0.148. The topological polar surface area (TPSA) is 32.3 Å². The number of aliphatic hydroxyl groups is 1. The molecule has 78 valence electrons. The van der Waals surface area contributed by atoms with Crippen LogP contribution in [0.4, 0.5) is 13.2 Å². The Balaban J connectivity index is 2.33. The predicted octanol–water partition coefficient (Wildman–Crippen LogP) is 1.44. The fraction of sp³-hybridized carbons (Fsp3) is 1.00. The van der Waals surface area contributed by atoms with Crippen LogP contribution in [0.3, 0.4) is 0 Å². The van der Waals surface area contributed by atoms with Crippen LogP contribution >= 0.6 is 0 Å². The van der Waals surface area contributed by atoms with E-state index in [4.69, 9.17) is 0 Å². The first kappa shape index (κ1) is 10.8. The molecule has 0 aliphatic carbocycles. The summed E-state index contributed by atoms with van der Waals surface area (Å²) < 4.78 is 35.6. The lowest BCUT2D eigenvalue weighted by Crippen LogP contribution is -2.42. The summed E-state index contributed by atoms with van der Waals surface area (Å²) in [5.74, 6) is 0. The summed E-state index contributed by atoms with van der Waals surface area (Å²) in [4.78, 5) is 0. The highest BCUT2D eigenvalue weighted by Gasteiger charge is 2.35. The molecule has 1 aliphatic rings. The summed E-state index contributed by atoms with van der Waals surface area (Å²) in [6.45, 7) is 1.21. The van der Waals surface area contributed by atoms with Crippen molar-refractivity contribution in [3.63, 3.8) is 0 Å². The van der Waals surface area contributed by atoms with Gasteiger partial charge in [0.05, 0.1) is 5.60 Å². The predicted molar refractivity (Wildman–Crippen MR) is 42.3 cm³/mol. The van der Waals surface area contributed by atoms with Gasteiger partial charge in [-0.15, -0.1) is 0 Å². The van der Waals surface area contributed by atoms with E-state index in [-0.39, 0.29) is 6.42 Å². The molecule has 0 aromatic heterocycles. The number of halogens is 3. The molecule has 2 N–H and O–H groups in total. The summed E-state index contributed by atoms with van der Waals surface area (Å²) in [7, 11) is 0. The van der Waals surface area contributed by atoms with Gasteiger partial charge in [-0.2, -0.15) is 13.2 Å².